The molecule has 0 radical (unpaired) electrons. The van der Waals surface area contributed by atoms with E-state index in [1.807, 2.05) is 102 Å². The number of aryl methyl sites for hydroxylation is 2. The first kappa shape index (κ1) is 35.4. The average Bonchev–Trinajstić information content (AvgIpc) is 3.75. The molecule has 0 bridgehead atoms. The number of rotatable bonds is 8. The van der Waals surface area contributed by atoms with Crippen molar-refractivity contribution in [1.82, 2.24) is 15.2 Å². The van der Waals surface area contributed by atoms with Crippen molar-refractivity contribution in [3.05, 3.63) is 93.9 Å². The molecule has 4 aromatic rings. The van der Waals surface area contributed by atoms with Crippen LogP contribution in [0.3, 0.4) is 0 Å². The summed E-state index contributed by atoms with van der Waals surface area (Å²) in [5, 5.41) is 3.03. The number of nitrogens with zero attached hydrogens (tertiary/aromatic N) is 2. The zero-order valence-electron chi connectivity index (χ0n) is 31.3. The minimum absolute atomic E-state index is 0.0198. The first-order chi connectivity index (χ1) is 24.8. The lowest BCUT2D eigenvalue weighted by molar-refractivity contribution is -0.121. The second-order valence-corrected chi connectivity index (χ2v) is 15.5. The van der Waals surface area contributed by atoms with E-state index in [-0.39, 0.29) is 17.9 Å². The molecule has 1 atom stereocenters. The van der Waals surface area contributed by atoms with Gasteiger partial charge in [0.15, 0.2) is 11.5 Å². The van der Waals surface area contributed by atoms with Gasteiger partial charge in [0.1, 0.15) is 18.0 Å². The highest BCUT2D eigenvalue weighted by Crippen LogP contribution is 2.55. The molecule has 1 aliphatic carbocycles. The molecule has 0 spiro atoms. The van der Waals surface area contributed by atoms with E-state index in [9.17, 15) is 9.59 Å². The number of alkyl carbamates (subject to hydrolysis) is 1. The van der Waals surface area contributed by atoms with E-state index in [2.05, 4.69) is 5.32 Å². The van der Waals surface area contributed by atoms with Gasteiger partial charge in [-0.1, -0.05) is 30.3 Å². The van der Waals surface area contributed by atoms with Crippen LogP contribution < -0.4 is 19.5 Å². The maximum absolute atomic E-state index is 14.6. The summed E-state index contributed by atoms with van der Waals surface area (Å²) in [5.41, 5.74) is 6.35. The summed E-state index contributed by atoms with van der Waals surface area (Å²) < 4.78 is 31.4. The molecule has 2 aromatic heterocycles. The topological polar surface area (TPSA) is 112 Å². The highest BCUT2D eigenvalue weighted by molar-refractivity contribution is 6.02. The number of carbonyl (C=O) groups excluding carboxylic acids is 2. The van der Waals surface area contributed by atoms with Crippen LogP contribution in [0.1, 0.15) is 97.2 Å². The van der Waals surface area contributed by atoms with Crippen molar-refractivity contribution in [2.24, 2.45) is 5.92 Å². The van der Waals surface area contributed by atoms with E-state index >= 15 is 0 Å². The quantitative estimate of drug-likeness (QED) is 0.194. The SMILES string of the molecule is Cc1cc(C)c(CN2CCc3c(c(C)c4c(c3-c3ccco3)OC(C)(C3CCC(NC(=O)OC(C)(C)C)CC3)O4)C2=O)c(OCc2ccccc2)n1. The van der Waals surface area contributed by atoms with E-state index in [4.69, 9.17) is 28.3 Å². The monoisotopic (exact) mass is 707 g/mol. The normalized spacial score (nSPS) is 21.1. The van der Waals surface area contributed by atoms with Crippen LogP contribution in [0.25, 0.3) is 11.3 Å². The van der Waals surface area contributed by atoms with Crippen molar-refractivity contribution < 1.29 is 33.0 Å². The molecule has 10 heteroatoms. The van der Waals surface area contributed by atoms with Crippen LogP contribution in [0.2, 0.25) is 0 Å². The maximum atomic E-state index is 14.6. The van der Waals surface area contributed by atoms with E-state index in [0.717, 1.165) is 64.8 Å². The first-order valence-corrected chi connectivity index (χ1v) is 18.3. The molecule has 3 aliphatic rings. The maximum Gasteiger partial charge on any atom is 0.407 e. The second-order valence-electron chi connectivity index (χ2n) is 15.5. The van der Waals surface area contributed by atoms with Crippen LogP contribution in [0.15, 0.2) is 59.2 Å². The standard InChI is InChI=1S/C42H49N3O7/c1-25-22-26(2)43-38(49-24-28-12-9-8-10-13-28)32(25)23-45-20-19-31-34(39(45)46)27(3)36-37(35(31)33-14-11-21-48-33)51-42(7,50-36)29-15-17-30(18-16-29)44-40(47)52-41(4,5)6/h8-14,21-22,29-30H,15-20,23-24H2,1-7H3,(H,44,47). The number of hydrogen-bond donors (Lipinski definition) is 1. The van der Waals surface area contributed by atoms with Gasteiger partial charge in [-0.25, -0.2) is 9.78 Å². The Bertz CT molecular complexity index is 1960. The molecule has 2 aromatic carbocycles. The summed E-state index contributed by atoms with van der Waals surface area (Å²) in [6, 6.07) is 15.8. The summed E-state index contributed by atoms with van der Waals surface area (Å²) in [5.74, 6) is 1.43. The van der Waals surface area contributed by atoms with Crippen molar-refractivity contribution in [3.63, 3.8) is 0 Å². The summed E-state index contributed by atoms with van der Waals surface area (Å²) in [6.45, 7) is 14.8. The molecule has 52 heavy (non-hydrogen) atoms. The van der Waals surface area contributed by atoms with Gasteiger partial charge in [0.25, 0.3) is 11.7 Å². The van der Waals surface area contributed by atoms with Gasteiger partial charge in [0, 0.05) is 42.2 Å². The van der Waals surface area contributed by atoms with Crippen LogP contribution >= 0.6 is 0 Å². The molecule has 7 rings (SSSR count). The molecular weight excluding hydrogens is 658 g/mol. The molecule has 2 amide bonds. The molecule has 4 heterocycles. The molecule has 274 valence electrons. The molecule has 2 aliphatic heterocycles. The van der Waals surface area contributed by atoms with E-state index in [1.165, 1.54) is 0 Å². The number of ether oxygens (including phenoxy) is 4. The minimum Gasteiger partial charge on any atom is -0.473 e. The van der Waals surface area contributed by atoms with Gasteiger partial charge in [-0.15, -0.1) is 0 Å². The Labute approximate surface area is 305 Å². The predicted molar refractivity (Wildman–Crippen MR) is 197 cm³/mol. The number of fused-ring (bicyclic) bond motifs is 2. The van der Waals surface area contributed by atoms with Crippen molar-refractivity contribution in [2.75, 3.05) is 6.54 Å². The van der Waals surface area contributed by atoms with Crippen LogP contribution in [0.5, 0.6) is 17.4 Å². The number of hydrogen-bond acceptors (Lipinski definition) is 8. The first-order valence-electron chi connectivity index (χ1n) is 18.3. The lowest BCUT2D eigenvalue weighted by Crippen LogP contribution is -2.48. The summed E-state index contributed by atoms with van der Waals surface area (Å²) in [4.78, 5) is 33.7. The fourth-order valence-corrected chi connectivity index (χ4v) is 7.87. The Balaban J connectivity index is 1.15. The van der Waals surface area contributed by atoms with Crippen molar-refractivity contribution >= 4 is 12.0 Å². The number of aromatic nitrogens is 1. The predicted octanol–water partition coefficient (Wildman–Crippen LogP) is 8.62. The highest BCUT2D eigenvalue weighted by Gasteiger charge is 2.49. The van der Waals surface area contributed by atoms with Crippen LogP contribution in [0, 0.1) is 26.7 Å². The third kappa shape index (κ3) is 7.07. The number of nitrogens with one attached hydrogen (secondary N) is 1. The third-order valence-electron chi connectivity index (χ3n) is 10.5. The van der Waals surface area contributed by atoms with Gasteiger partial charge < -0.3 is 33.6 Å². The smallest absolute Gasteiger partial charge is 0.407 e. The lowest BCUT2D eigenvalue weighted by Gasteiger charge is -2.37. The van der Waals surface area contributed by atoms with Gasteiger partial charge in [-0.3, -0.25) is 4.79 Å². The van der Waals surface area contributed by atoms with E-state index < -0.39 is 17.5 Å². The highest BCUT2D eigenvalue weighted by atomic mass is 16.7. The number of carbonyl (C=O) groups is 2. The summed E-state index contributed by atoms with van der Waals surface area (Å²) >= 11 is 0. The molecule has 10 nitrogen and oxygen atoms in total. The lowest BCUT2D eigenvalue weighted by atomic mass is 9.81. The number of furan rings is 1. The fraction of sp³-hybridized carbons (Fsp3) is 0.452. The molecule has 1 saturated carbocycles. The molecule has 1 fully saturated rings. The van der Waals surface area contributed by atoms with Crippen molar-refractivity contribution in [2.45, 2.75) is 111 Å². The molecular formula is C42H49N3O7. The van der Waals surface area contributed by atoms with Gasteiger partial charge >= 0.3 is 6.09 Å². The summed E-state index contributed by atoms with van der Waals surface area (Å²) in [7, 11) is 0. The second kappa shape index (κ2) is 13.9. The van der Waals surface area contributed by atoms with Crippen molar-refractivity contribution in [3.8, 4) is 28.7 Å². The molecule has 0 saturated heterocycles. The Morgan fingerprint density at radius 1 is 1.00 bits per heavy atom. The van der Waals surface area contributed by atoms with Crippen LogP contribution in [0.4, 0.5) is 4.79 Å². The van der Waals surface area contributed by atoms with Crippen LogP contribution in [-0.2, 0) is 24.3 Å². The Morgan fingerprint density at radius 2 is 1.73 bits per heavy atom. The zero-order chi connectivity index (χ0) is 36.8. The largest absolute Gasteiger partial charge is 0.473 e. The van der Waals surface area contributed by atoms with Crippen molar-refractivity contribution in [1.29, 1.82) is 0 Å². The van der Waals surface area contributed by atoms with Gasteiger partial charge in [0.05, 0.1) is 23.9 Å². The number of pyridine rings is 1. The van der Waals surface area contributed by atoms with Gasteiger partial charge in [-0.2, -0.15) is 0 Å². The fourth-order valence-electron chi connectivity index (χ4n) is 7.87. The zero-order valence-corrected chi connectivity index (χ0v) is 31.3. The summed E-state index contributed by atoms with van der Waals surface area (Å²) in [6.07, 6.45) is 5.02. The molecule has 1 unspecified atom stereocenters. The van der Waals surface area contributed by atoms with E-state index in [0.29, 0.717) is 54.8 Å². The number of benzene rings is 2. The Hall–Kier alpha value is -4.99. The van der Waals surface area contributed by atoms with Crippen LogP contribution in [-0.4, -0.2) is 45.9 Å². The average molecular weight is 708 g/mol. The van der Waals surface area contributed by atoms with Gasteiger partial charge in [0.2, 0.25) is 5.88 Å². The Morgan fingerprint density at radius 3 is 2.42 bits per heavy atom. The third-order valence-corrected chi connectivity index (χ3v) is 10.5. The number of amides is 2. The van der Waals surface area contributed by atoms with Gasteiger partial charge in [-0.05, 0) is 109 Å². The molecule has 1 N–H and O–H groups in total. The van der Waals surface area contributed by atoms with E-state index in [1.54, 1.807) is 6.26 Å². The minimum atomic E-state index is -0.951. The Kier molecular flexibility index (Phi) is 9.44.